The van der Waals surface area contributed by atoms with Crippen molar-refractivity contribution in [3.05, 3.63) is 59.2 Å². The predicted molar refractivity (Wildman–Crippen MR) is 82.5 cm³/mol. The summed E-state index contributed by atoms with van der Waals surface area (Å²) in [6.45, 7) is 2.30. The van der Waals surface area contributed by atoms with E-state index in [4.69, 9.17) is 14.6 Å². The van der Waals surface area contributed by atoms with Gasteiger partial charge in [0.25, 0.3) is 0 Å². The van der Waals surface area contributed by atoms with Gasteiger partial charge in [0.05, 0.1) is 12.7 Å². The van der Waals surface area contributed by atoms with Gasteiger partial charge in [-0.15, -0.1) is 0 Å². The highest BCUT2D eigenvalue weighted by Gasteiger charge is 2.03. The lowest BCUT2D eigenvalue weighted by atomic mass is 10.1. The Balaban J connectivity index is 2.11. The highest BCUT2D eigenvalue weighted by Crippen LogP contribution is 2.21. The summed E-state index contributed by atoms with van der Waals surface area (Å²) in [6, 6.07) is 13.6. The van der Waals surface area contributed by atoms with Crippen molar-refractivity contribution < 1.29 is 14.6 Å². The fourth-order valence-electron chi connectivity index (χ4n) is 1.88. The number of benzene rings is 2. The molecule has 0 saturated heterocycles. The first-order valence-electron chi connectivity index (χ1n) is 6.69. The van der Waals surface area contributed by atoms with E-state index in [1.165, 1.54) is 0 Å². The van der Waals surface area contributed by atoms with Crippen molar-refractivity contribution in [3.8, 4) is 23.3 Å². The number of methoxy groups -OCH3 is 1. The predicted octanol–water partition coefficient (Wildman–Crippen LogP) is 2.93. The molecule has 0 spiro atoms. The second-order valence-electron chi connectivity index (χ2n) is 4.60. The van der Waals surface area contributed by atoms with Crippen molar-refractivity contribution in [1.82, 2.24) is 0 Å². The zero-order valence-electron chi connectivity index (χ0n) is 12.2. The Morgan fingerprint density at radius 3 is 2.52 bits per heavy atom. The average Bonchev–Trinajstić information content (AvgIpc) is 2.52. The van der Waals surface area contributed by atoms with Crippen LogP contribution in [0, 0.1) is 18.8 Å². The first-order valence-corrected chi connectivity index (χ1v) is 6.69. The lowest BCUT2D eigenvalue weighted by molar-refractivity contribution is 0.305. The van der Waals surface area contributed by atoms with Crippen molar-refractivity contribution in [2.75, 3.05) is 13.7 Å². The smallest absolute Gasteiger partial charge is 0.135 e. The van der Waals surface area contributed by atoms with E-state index in [9.17, 15) is 0 Å². The summed E-state index contributed by atoms with van der Waals surface area (Å²) in [4.78, 5) is 0. The Morgan fingerprint density at radius 1 is 1.10 bits per heavy atom. The SMILES string of the molecule is COc1ccc(COc2ccc(C)cc2C#CCO)cc1. The van der Waals surface area contributed by atoms with Gasteiger partial charge in [0.1, 0.15) is 24.7 Å². The molecule has 3 nitrogen and oxygen atoms in total. The first kappa shape index (κ1) is 15.0. The van der Waals surface area contributed by atoms with E-state index >= 15 is 0 Å². The lowest BCUT2D eigenvalue weighted by Gasteiger charge is -2.09. The highest BCUT2D eigenvalue weighted by molar-refractivity contribution is 5.48. The number of ether oxygens (including phenoxy) is 2. The molecule has 0 fully saturated rings. The number of aliphatic hydroxyl groups is 1. The number of hydrogen-bond donors (Lipinski definition) is 1. The van der Waals surface area contributed by atoms with Crippen LogP contribution in [0.15, 0.2) is 42.5 Å². The maximum atomic E-state index is 8.82. The maximum absolute atomic E-state index is 8.82. The van der Waals surface area contributed by atoms with Crippen LogP contribution in [0.3, 0.4) is 0 Å². The van der Waals surface area contributed by atoms with Gasteiger partial charge in [-0.2, -0.15) is 0 Å². The largest absolute Gasteiger partial charge is 0.497 e. The summed E-state index contributed by atoms with van der Waals surface area (Å²) < 4.78 is 10.9. The van der Waals surface area contributed by atoms with Gasteiger partial charge in [-0.1, -0.05) is 30.0 Å². The number of hydrogen-bond acceptors (Lipinski definition) is 3. The minimum Gasteiger partial charge on any atom is -0.497 e. The molecule has 2 rings (SSSR count). The van der Waals surface area contributed by atoms with E-state index in [2.05, 4.69) is 11.8 Å². The summed E-state index contributed by atoms with van der Waals surface area (Å²) in [5.74, 6) is 7.11. The van der Waals surface area contributed by atoms with Crippen molar-refractivity contribution in [2.24, 2.45) is 0 Å². The molecule has 2 aromatic rings. The molecule has 0 aromatic heterocycles. The molecule has 0 aliphatic heterocycles. The van der Waals surface area contributed by atoms with Crippen LogP contribution < -0.4 is 9.47 Å². The van der Waals surface area contributed by atoms with E-state index in [0.717, 1.165) is 28.2 Å². The van der Waals surface area contributed by atoms with E-state index in [1.54, 1.807) is 7.11 Å². The van der Waals surface area contributed by atoms with Crippen LogP contribution in [0.2, 0.25) is 0 Å². The van der Waals surface area contributed by atoms with Crippen molar-refractivity contribution in [2.45, 2.75) is 13.5 Å². The highest BCUT2D eigenvalue weighted by atomic mass is 16.5. The number of aryl methyl sites for hydroxylation is 1. The fraction of sp³-hybridized carbons (Fsp3) is 0.222. The zero-order chi connectivity index (χ0) is 15.1. The lowest BCUT2D eigenvalue weighted by Crippen LogP contribution is -1.98. The minimum atomic E-state index is -0.161. The standard InChI is InChI=1S/C18H18O3/c1-14-5-10-18(16(12-14)4-3-11-19)21-13-15-6-8-17(20-2)9-7-15/h5-10,12,19H,11,13H2,1-2H3. The summed E-state index contributed by atoms with van der Waals surface area (Å²) in [6.07, 6.45) is 0. The minimum absolute atomic E-state index is 0.161. The second-order valence-corrected chi connectivity index (χ2v) is 4.60. The van der Waals surface area contributed by atoms with E-state index < -0.39 is 0 Å². The van der Waals surface area contributed by atoms with E-state index in [1.807, 2.05) is 49.4 Å². The molecular weight excluding hydrogens is 264 g/mol. The Kier molecular flexibility index (Phi) is 5.25. The first-order chi connectivity index (χ1) is 10.2. The van der Waals surface area contributed by atoms with E-state index in [-0.39, 0.29) is 6.61 Å². The Bertz CT molecular complexity index is 648. The summed E-state index contributed by atoms with van der Waals surface area (Å²) in [7, 11) is 1.64. The summed E-state index contributed by atoms with van der Waals surface area (Å²) in [5.41, 5.74) is 2.95. The molecular formula is C18H18O3. The molecule has 0 atom stereocenters. The molecule has 21 heavy (non-hydrogen) atoms. The Morgan fingerprint density at radius 2 is 1.86 bits per heavy atom. The topological polar surface area (TPSA) is 38.7 Å². The molecule has 2 aromatic carbocycles. The monoisotopic (exact) mass is 282 g/mol. The fourth-order valence-corrected chi connectivity index (χ4v) is 1.88. The molecule has 0 unspecified atom stereocenters. The molecule has 0 bridgehead atoms. The average molecular weight is 282 g/mol. The van der Waals surface area contributed by atoms with Gasteiger partial charge < -0.3 is 14.6 Å². The quantitative estimate of drug-likeness (QED) is 0.876. The number of rotatable bonds is 4. The van der Waals surface area contributed by atoms with Crippen LogP contribution in [0.1, 0.15) is 16.7 Å². The zero-order valence-corrected chi connectivity index (χ0v) is 12.2. The van der Waals surface area contributed by atoms with Gasteiger partial charge in [0.2, 0.25) is 0 Å². The summed E-state index contributed by atoms with van der Waals surface area (Å²) >= 11 is 0. The second kappa shape index (κ2) is 7.37. The third kappa shape index (κ3) is 4.27. The maximum Gasteiger partial charge on any atom is 0.135 e. The van der Waals surface area contributed by atoms with E-state index in [0.29, 0.717) is 6.61 Å². The van der Waals surface area contributed by atoms with Crippen LogP contribution in [0.25, 0.3) is 0 Å². The molecule has 0 radical (unpaired) electrons. The van der Waals surface area contributed by atoms with Gasteiger partial charge in [0.15, 0.2) is 0 Å². The molecule has 0 saturated carbocycles. The molecule has 0 heterocycles. The van der Waals surface area contributed by atoms with Crippen LogP contribution in [-0.2, 0) is 6.61 Å². The van der Waals surface area contributed by atoms with Crippen LogP contribution >= 0.6 is 0 Å². The van der Waals surface area contributed by atoms with Gasteiger partial charge in [-0.25, -0.2) is 0 Å². The molecule has 0 aliphatic rings. The van der Waals surface area contributed by atoms with Gasteiger partial charge >= 0.3 is 0 Å². The molecule has 1 N–H and O–H groups in total. The van der Waals surface area contributed by atoms with Crippen LogP contribution in [0.4, 0.5) is 0 Å². The van der Waals surface area contributed by atoms with Gasteiger partial charge in [-0.05, 0) is 42.3 Å². The normalized spacial score (nSPS) is 9.67. The molecule has 3 heteroatoms. The Hall–Kier alpha value is -2.44. The van der Waals surface area contributed by atoms with Crippen molar-refractivity contribution in [1.29, 1.82) is 0 Å². The van der Waals surface area contributed by atoms with Crippen LogP contribution in [0.5, 0.6) is 11.5 Å². The van der Waals surface area contributed by atoms with Crippen LogP contribution in [-0.4, -0.2) is 18.8 Å². The molecule has 0 aliphatic carbocycles. The molecule has 0 amide bonds. The van der Waals surface area contributed by atoms with Gasteiger partial charge in [-0.3, -0.25) is 0 Å². The summed E-state index contributed by atoms with van der Waals surface area (Å²) in [5, 5.41) is 8.82. The van der Waals surface area contributed by atoms with Crippen molar-refractivity contribution >= 4 is 0 Å². The third-order valence-corrected chi connectivity index (χ3v) is 2.99. The third-order valence-electron chi connectivity index (χ3n) is 2.99. The number of aliphatic hydroxyl groups excluding tert-OH is 1. The molecule has 108 valence electrons. The Labute approximate surface area is 125 Å². The van der Waals surface area contributed by atoms with Crippen molar-refractivity contribution in [3.63, 3.8) is 0 Å². The van der Waals surface area contributed by atoms with Gasteiger partial charge in [0, 0.05) is 0 Å².